The van der Waals surface area contributed by atoms with Gasteiger partial charge in [-0.2, -0.15) is 0 Å². The molecule has 0 fully saturated rings. The summed E-state index contributed by atoms with van der Waals surface area (Å²) in [5.41, 5.74) is 6.66. The molecule has 0 bridgehead atoms. The number of aromatic nitrogens is 1. The van der Waals surface area contributed by atoms with E-state index in [1.54, 1.807) is 12.1 Å². The quantitative estimate of drug-likeness (QED) is 0.513. The van der Waals surface area contributed by atoms with Crippen LogP contribution in [0.1, 0.15) is 32.7 Å². The minimum absolute atomic E-state index is 0.356. The van der Waals surface area contributed by atoms with Gasteiger partial charge in [0.1, 0.15) is 12.4 Å². The number of carbonyl (C=O) groups excluding carboxylic acids is 1. The third-order valence-electron chi connectivity index (χ3n) is 3.19. The Hall–Kier alpha value is -2.40. The van der Waals surface area contributed by atoms with Gasteiger partial charge in [0, 0.05) is 6.20 Å². The number of nitrogens with two attached hydrogens (primary N) is 1. The van der Waals surface area contributed by atoms with E-state index in [-0.39, 0.29) is 5.91 Å². The van der Waals surface area contributed by atoms with Crippen LogP contribution in [0.2, 0.25) is 0 Å². The maximum Gasteiger partial charge on any atom is 0.266 e. The number of benzene rings is 1. The lowest BCUT2D eigenvalue weighted by Gasteiger charge is -2.13. The number of nitrogens with zero attached hydrogens (tertiary/aromatic N) is 1. The average molecular weight is 285 g/mol. The maximum absolute atomic E-state index is 11.3. The summed E-state index contributed by atoms with van der Waals surface area (Å²) in [6, 6.07) is 7.60. The van der Waals surface area contributed by atoms with Crippen molar-refractivity contribution in [1.82, 2.24) is 10.4 Å². The minimum atomic E-state index is -0.361. The molecule has 1 amide bonds. The third-order valence-corrected chi connectivity index (χ3v) is 3.19. The Labute approximate surface area is 124 Å². The fraction of sp³-hybridized carbons (Fsp3) is 0.250. The second kappa shape index (κ2) is 6.37. The van der Waals surface area contributed by atoms with Crippen LogP contribution < -0.4 is 16.0 Å². The van der Waals surface area contributed by atoms with E-state index in [4.69, 9.17) is 10.6 Å². The molecule has 1 heterocycles. The van der Waals surface area contributed by atoms with Crippen LogP contribution in [-0.2, 0) is 6.61 Å². The van der Waals surface area contributed by atoms with E-state index in [1.807, 2.05) is 13.8 Å². The zero-order valence-electron chi connectivity index (χ0n) is 12.4. The van der Waals surface area contributed by atoms with Crippen molar-refractivity contribution in [1.29, 1.82) is 0 Å². The van der Waals surface area contributed by atoms with Crippen molar-refractivity contribution in [2.45, 2.75) is 27.4 Å². The molecule has 0 aliphatic rings. The van der Waals surface area contributed by atoms with Crippen LogP contribution in [0.15, 0.2) is 30.5 Å². The number of nitrogen functional groups attached to an aromatic ring is 1. The highest BCUT2D eigenvalue weighted by molar-refractivity contribution is 5.93. The number of hydrogen-bond acceptors (Lipinski definition) is 4. The van der Waals surface area contributed by atoms with Gasteiger partial charge in [0.25, 0.3) is 5.91 Å². The van der Waals surface area contributed by atoms with Crippen LogP contribution >= 0.6 is 0 Å². The van der Waals surface area contributed by atoms with Crippen molar-refractivity contribution in [3.05, 3.63) is 58.4 Å². The van der Waals surface area contributed by atoms with Crippen LogP contribution in [-0.4, -0.2) is 10.9 Å². The Morgan fingerprint density at radius 3 is 2.43 bits per heavy atom. The highest BCUT2D eigenvalue weighted by Crippen LogP contribution is 2.25. The molecule has 1 aromatic heterocycles. The average Bonchev–Trinajstić information content (AvgIpc) is 2.46. The molecule has 5 nitrogen and oxygen atoms in total. The monoisotopic (exact) mass is 285 g/mol. The van der Waals surface area contributed by atoms with Crippen LogP contribution in [0.5, 0.6) is 5.75 Å². The summed E-state index contributed by atoms with van der Waals surface area (Å²) >= 11 is 0. The maximum atomic E-state index is 11.3. The van der Waals surface area contributed by atoms with Gasteiger partial charge in [-0.25, -0.2) is 5.84 Å². The predicted molar refractivity (Wildman–Crippen MR) is 80.9 cm³/mol. The van der Waals surface area contributed by atoms with Gasteiger partial charge in [0.15, 0.2) is 0 Å². The molecular formula is C16H19N3O2. The van der Waals surface area contributed by atoms with E-state index < -0.39 is 0 Å². The highest BCUT2D eigenvalue weighted by Gasteiger charge is 2.07. The van der Waals surface area contributed by atoms with Gasteiger partial charge in [-0.3, -0.25) is 15.2 Å². The van der Waals surface area contributed by atoms with Crippen LogP contribution in [0, 0.1) is 20.8 Å². The zero-order valence-corrected chi connectivity index (χ0v) is 12.4. The Morgan fingerprint density at radius 2 is 1.90 bits per heavy atom. The van der Waals surface area contributed by atoms with Crippen LogP contribution in [0.3, 0.4) is 0 Å². The van der Waals surface area contributed by atoms with E-state index in [0.717, 1.165) is 22.6 Å². The molecule has 0 saturated heterocycles. The lowest BCUT2D eigenvalue weighted by Crippen LogP contribution is -2.30. The summed E-state index contributed by atoms with van der Waals surface area (Å²) in [5.74, 6) is 5.59. The molecule has 0 radical (unpaired) electrons. The van der Waals surface area contributed by atoms with E-state index in [9.17, 15) is 4.79 Å². The van der Waals surface area contributed by atoms with Gasteiger partial charge in [0.2, 0.25) is 0 Å². The number of aryl methyl sites for hydroxylation is 3. The fourth-order valence-electron chi connectivity index (χ4n) is 2.27. The summed E-state index contributed by atoms with van der Waals surface area (Å²) in [4.78, 5) is 15.5. The molecule has 0 unspecified atom stereocenters. The minimum Gasteiger partial charge on any atom is -0.487 e. The van der Waals surface area contributed by atoms with Gasteiger partial charge < -0.3 is 4.74 Å². The number of amides is 1. The van der Waals surface area contributed by atoms with Crippen molar-refractivity contribution >= 4 is 5.91 Å². The van der Waals surface area contributed by atoms with E-state index in [1.165, 1.54) is 11.8 Å². The first kappa shape index (κ1) is 15.0. The zero-order chi connectivity index (χ0) is 15.4. The van der Waals surface area contributed by atoms with Gasteiger partial charge >= 0.3 is 0 Å². The predicted octanol–water partition coefficient (Wildman–Crippen LogP) is 2.19. The Kier molecular flexibility index (Phi) is 4.55. The van der Waals surface area contributed by atoms with E-state index >= 15 is 0 Å². The Bertz CT molecular complexity index is 628. The first-order chi connectivity index (χ1) is 10.0. The molecule has 2 aromatic rings. The fourth-order valence-corrected chi connectivity index (χ4v) is 2.27. The number of pyridine rings is 1. The summed E-state index contributed by atoms with van der Waals surface area (Å²) < 4.78 is 5.85. The first-order valence-electron chi connectivity index (χ1n) is 6.68. The lowest BCUT2D eigenvalue weighted by atomic mass is 10.1. The van der Waals surface area contributed by atoms with Gasteiger partial charge in [0.05, 0.1) is 11.3 Å². The SMILES string of the molecule is Cc1cc(C)c(OCc2ccc(C(=O)NN)cn2)c(C)c1. The van der Waals surface area contributed by atoms with Gasteiger partial charge in [-0.1, -0.05) is 17.7 Å². The number of hydrogen-bond donors (Lipinski definition) is 2. The molecule has 2 rings (SSSR count). The lowest BCUT2D eigenvalue weighted by molar-refractivity contribution is 0.0953. The Morgan fingerprint density at radius 1 is 1.24 bits per heavy atom. The number of nitrogens with one attached hydrogen (secondary N) is 1. The second-order valence-corrected chi connectivity index (χ2v) is 5.03. The number of ether oxygens (including phenoxy) is 1. The molecule has 0 aliphatic carbocycles. The summed E-state index contributed by atoms with van der Waals surface area (Å²) in [7, 11) is 0. The molecule has 0 atom stereocenters. The first-order valence-corrected chi connectivity index (χ1v) is 6.68. The topological polar surface area (TPSA) is 77.2 Å². The van der Waals surface area contributed by atoms with Crippen molar-refractivity contribution < 1.29 is 9.53 Å². The molecule has 5 heteroatoms. The van der Waals surface area contributed by atoms with Crippen molar-refractivity contribution in [3.8, 4) is 5.75 Å². The molecule has 1 aromatic carbocycles. The molecule has 0 aliphatic heterocycles. The van der Waals surface area contributed by atoms with Gasteiger partial charge in [-0.15, -0.1) is 0 Å². The third kappa shape index (κ3) is 3.58. The summed E-state index contributed by atoms with van der Waals surface area (Å²) in [5, 5.41) is 0. The van der Waals surface area contributed by atoms with Crippen molar-refractivity contribution in [2.75, 3.05) is 0 Å². The molecule has 110 valence electrons. The largest absolute Gasteiger partial charge is 0.487 e. The number of rotatable bonds is 4. The molecule has 0 spiro atoms. The number of hydrazine groups is 1. The second-order valence-electron chi connectivity index (χ2n) is 5.03. The van der Waals surface area contributed by atoms with Gasteiger partial charge in [-0.05, 0) is 44.0 Å². The normalized spacial score (nSPS) is 10.3. The summed E-state index contributed by atoms with van der Waals surface area (Å²) in [6.45, 7) is 6.47. The highest BCUT2D eigenvalue weighted by atomic mass is 16.5. The molecular weight excluding hydrogens is 266 g/mol. The summed E-state index contributed by atoms with van der Waals surface area (Å²) in [6.07, 6.45) is 1.48. The van der Waals surface area contributed by atoms with Crippen molar-refractivity contribution in [3.63, 3.8) is 0 Å². The molecule has 3 N–H and O–H groups in total. The van der Waals surface area contributed by atoms with E-state index in [0.29, 0.717) is 12.2 Å². The van der Waals surface area contributed by atoms with E-state index in [2.05, 4.69) is 29.5 Å². The smallest absolute Gasteiger partial charge is 0.266 e. The van der Waals surface area contributed by atoms with Crippen molar-refractivity contribution in [2.24, 2.45) is 5.84 Å². The number of carbonyl (C=O) groups is 1. The Balaban J connectivity index is 2.08. The van der Waals surface area contributed by atoms with Crippen LogP contribution in [0.25, 0.3) is 0 Å². The van der Waals surface area contributed by atoms with Crippen LogP contribution in [0.4, 0.5) is 0 Å². The molecule has 21 heavy (non-hydrogen) atoms. The standard InChI is InChI=1S/C16H19N3O2/c1-10-6-11(2)15(12(3)7-10)21-9-14-5-4-13(8-18-14)16(20)19-17/h4-8H,9,17H2,1-3H3,(H,19,20). The molecule has 0 saturated carbocycles.